The van der Waals surface area contributed by atoms with Crippen molar-refractivity contribution in [1.82, 2.24) is 15.3 Å². The van der Waals surface area contributed by atoms with Gasteiger partial charge in [-0.3, -0.25) is 4.79 Å². The molecule has 0 spiro atoms. The van der Waals surface area contributed by atoms with Crippen molar-refractivity contribution < 1.29 is 4.79 Å². The third-order valence-corrected chi connectivity index (χ3v) is 3.14. The van der Waals surface area contributed by atoms with Crippen LogP contribution in [0.5, 0.6) is 0 Å². The van der Waals surface area contributed by atoms with E-state index in [2.05, 4.69) is 29.1 Å². The Morgan fingerprint density at radius 1 is 1.53 bits per heavy atom. The van der Waals surface area contributed by atoms with Gasteiger partial charge in [-0.25, -0.2) is 9.97 Å². The van der Waals surface area contributed by atoms with Gasteiger partial charge in [0.25, 0.3) is 0 Å². The van der Waals surface area contributed by atoms with E-state index in [0.717, 1.165) is 17.9 Å². The zero-order chi connectivity index (χ0) is 12.4. The van der Waals surface area contributed by atoms with Gasteiger partial charge >= 0.3 is 0 Å². The van der Waals surface area contributed by atoms with Crippen molar-refractivity contribution in [2.24, 2.45) is 5.92 Å². The molecule has 17 heavy (non-hydrogen) atoms. The lowest BCUT2D eigenvalue weighted by molar-refractivity contribution is -0.119. The molecular weight excluding hydrogens is 214 g/mol. The Bertz CT molecular complexity index is 417. The first-order valence-electron chi connectivity index (χ1n) is 6.15. The highest BCUT2D eigenvalue weighted by Gasteiger charge is 2.34. The maximum absolute atomic E-state index is 11.5. The molecule has 1 aliphatic heterocycles. The third kappa shape index (κ3) is 2.81. The standard InChI is InChI=1S/C13H19N3O/c1-8(2)6-12-10(7-13(17)16-12)11-4-5-14-9(3)15-11/h4-5,8,10,12H,6-7H2,1-3H3,(H,16,17). The molecule has 1 amide bonds. The highest BCUT2D eigenvalue weighted by Crippen LogP contribution is 2.30. The number of carbonyl (C=O) groups excluding carboxylic acids is 1. The molecular formula is C13H19N3O. The van der Waals surface area contributed by atoms with Crippen molar-refractivity contribution in [1.29, 1.82) is 0 Å². The SMILES string of the molecule is Cc1nccc(C2CC(=O)NC2CC(C)C)n1. The van der Waals surface area contributed by atoms with E-state index < -0.39 is 0 Å². The maximum atomic E-state index is 11.5. The van der Waals surface area contributed by atoms with Gasteiger partial charge in [0.2, 0.25) is 5.91 Å². The molecule has 0 bridgehead atoms. The van der Waals surface area contributed by atoms with Crippen molar-refractivity contribution >= 4 is 5.91 Å². The highest BCUT2D eigenvalue weighted by molar-refractivity contribution is 5.80. The summed E-state index contributed by atoms with van der Waals surface area (Å²) in [5, 5.41) is 3.05. The van der Waals surface area contributed by atoms with Gasteiger partial charge in [-0.2, -0.15) is 0 Å². The van der Waals surface area contributed by atoms with E-state index in [1.165, 1.54) is 0 Å². The molecule has 0 radical (unpaired) electrons. The number of rotatable bonds is 3. The predicted octanol–water partition coefficient (Wildman–Crippen LogP) is 1.80. The second-order valence-corrected chi connectivity index (χ2v) is 5.14. The van der Waals surface area contributed by atoms with Gasteiger partial charge in [-0.1, -0.05) is 13.8 Å². The van der Waals surface area contributed by atoms with Crippen LogP contribution in [0.25, 0.3) is 0 Å². The minimum Gasteiger partial charge on any atom is -0.353 e. The first-order chi connectivity index (χ1) is 8.06. The Hall–Kier alpha value is -1.45. The summed E-state index contributed by atoms with van der Waals surface area (Å²) in [7, 11) is 0. The molecule has 1 aliphatic rings. The largest absolute Gasteiger partial charge is 0.353 e. The Morgan fingerprint density at radius 2 is 2.29 bits per heavy atom. The van der Waals surface area contributed by atoms with E-state index >= 15 is 0 Å². The first kappa shape index (κ1) is 12.0. The van der Waals surface area contributed by atoms with Gasteiger partial charge in [0, 0.05) is 30.3 Å². The Kier molecular flexibility index (Phi) is 3.41. The Morgan fingerprint density at radius 3 is 2.94 bits per heavy atom. The summed E-state index contributed by atoms with van der Waals surface area (Å²) < 4.78 is 0. The molecule has 0 saturated carbocycles. The molecule has 1 aromatic heterocycles. The smallest absolute Gasteiger partial charge is 0.220 e. The summed E-state index contributed by atoms with van der Waals surface area (Å²) in [4.78, 5) is 20.1. The minimum absolute atomic E-state index is 0.136. The maximum Gasteiger partial charge on any atom is 0.220 e. The van der Waals surface area contributed by atoms with Crippen LogP contribution in [0.2, 0.25) is 0 Å². The molecule has 2 heterocycles. The Labute approximate surface area is 102 Å². The summed E-state index contributed by atoms with van der Waals surface area (Å²) in [6, 6.07) is 2.14. The van der Waals surface area contributed by atoms with Crippen LogP contribution in [-0.2, 0) is 4.79 Å². The molecule has 1 N–H and O–H groups in total. The number of hydrogen-bond donors (Lipinski definition) is 1. The average Bonchev–Trinajstić information content (AvgIpc) is 2.58. The molecule has 0 aromatic carbocycles. The molecule has 1 aromatic rings. The average molecular weight is 233 g/mol. The predicted molar refractivity (Wildman–Crippen MR) is 65.5 cm³/mol. The normalized spacial score (nSPS) is 24.1. The zero-order valence-corrected chi connectivity index (χ0v) is 10.6. The number of amides is 1. The Balaban J connectivity index is 2.20. The fourth-order valence-electron chi connectivity index (χ4n) is 2.43. The van der Waals surface area contributed by atoms with Crippen molar-refractivity contribution in [3.63, 3.8) is 0 Å². The first-order valence-corrected chi connectivity index (χ1v) is 6.15. The van der Waals surface area contributed by atoms with Crippen molar-refractivity contribution in [3.05, 3.63) is 23.8 Å². The summed E-state index contributed by atoms with van der Waals surface area (Å²) in [6.07, 6.45) is 3.32. The second-order valence-electron chi connectivity index (χ2n) is 5.14. The van der Waals surface area contributed by atoms with Crippen LogP contribution < -0.4 is 5.32 Å². The minimum atomic E-state index is 0.136. The van der Waals surface area contributed by atoms with Crippen LogP contribution in [0.3, 0.4) is 0 Å². The van der Waals surface area contributed by atoms with Crippen LogP contribution in [0.4, 0.5) is 0 Å². The quantitative estimate of drug-likeness (QED) is 0.866. The molecule has 4 nitrogen and oxygen atoms in total. The van der Waals surface area contributed by atoms with Gasteiger partial charge in [-0.05, 0) is 25.3 Å². The lowest BCUT2D eigenvalue weighted by Crippen LogP contribution is -2.30. The summed E-state index contributed by atoms with van der Waals surface area (Å²) in [5.74, 6) is 1.68. The molecule has 0 aliphatic carbocycles. The van der Waals surface area contributed by atoms with E-state index in [-0.39, 0.29) is 17.9 Å². The summed E-state index contributed by atoms with van der Waals surface area (Å²) in [5.41, 5.74) is 0.988. The molecule has 1 saturated heterocycles. The lowest BCUT2D eigenvalue weighted by atomic mass is 9.90. The molecule has 4 heteroatoms. The van der Waals surface area contributed by atoms with Gasteiger partial charge in [0.1, 0.15) is 5.82 Å². The van der Waals surface area contributed by atoms with Crippen molar-refractivity contribution in [3.8, 4) is 0 Å². The molecule has 2 rings (SSSR count). The molecule has 2 atom stereocenters. The van der Waals surface area contributed by atoms with Gasteiger partial charge in [-0.15, -0.1) is 0 Å². The van der Waals surface area contributed by atoms with Crippen LogP contribution in [0.1, 0.15) is 44.1 Å². The third-order valence-electron chi connectivity index (χ3n) is 3.14. The number of aromatic nitrogens is 2. The fraction of sp³-hybridized carbons (Fsp3) is 0.615. The highest BCUT2D eigenvalue weighted by atomic mass is 16.2. The van der Waals surface area contributed by atoms with Crippen molar-refractivity contribution in [2.45, 2.75) is 45.6 Å². The van der Waals surface area contributed by atoms with Crippen LogP contribution in [-0.4, -0.2) is 21.9 Å². The van der Waals surface area contributed by atoms with Crippen LogP contribution in [0.15, 0.2) is 12.3 Å². The van der Waals surface area contributed by atoms with E-state index in [0.29, 0.717) is 12.3 Å². The number of nitrogens with zero attached hydrogens (tertiary/aromatic N) is 2. The topological polar surface area (TPSA) is 54.9 Å². The molecule has 1 fully saturated rings. The fourth-order valence-corrected chi connectivity index (χ4v) is 2.43. The number of carbonyl (C=O) groups is 1. The van der Waals surface area contributed by atoms with Gasteiger partial charge in [0.05, 0.1) is 0 Å². The number of nitrogens with one attached hydrogen (secondary N) is 1. The van der Waals surface area contributed by atoms with E-state index in [4.69, 9.17) is 0 Å². The monoisotopic (exact) mass is 233 g/mol. The van der Waals surface area contributed by atoms with E-state index in [9.17, 15) is 4.79 Å². The number of aryl methyl sites for hydroxylation is 1. The zero-order valence-electron chi connectivity index (χ0n) is 10.6. The lowest BCUT2D eigenvalue weighted by Gasteiger charge is -2.20. The van der Waals surface area contributed by atoms with E-state index in [1.807, 2.05) is 13.0 Å². The summed E-state index contributed by atoms with van der Waals surface area (Å²) in [6.45, 7) is 6.23. The van der Waals surface area contributed by atoms with Gasteiger partial charge in [0.15, 0.2) is 0 Å². The van der Waals surface area contributed by atoms with Crippen LogP contribution >= 0.6 is 0 Å². The second kappa shape index (κ2) is 4.82. The van der Waals surface area contributed by atoms with Crippen molar-refractivity contribution in [2.75, 3.05) is 0 Å². The van der Waals surface area contributed by atoms with Crippen LogP contribution in [0, 0.1) is 12.8 Å². The van der Waals surface area contributed by atoms with E-state index in [1.54, 1.807) is 6.20 Å². The molecule has 92 valence electrons. The van der Waals surface area contributed by atoms with Gasteiger partial charge < -0.3 is 5.32 Å². The number of hydrogen-bond acceptors (Lipinski definition) is 3. The molecule has 2 unspecified atom stereocenters. The summed E-state index contributed by atoms with van der Waals surface area (Å²) >= 11 is 0.